The highest BCUT2D eigenvalue weighted by Gasteiger charge is 2.12. The van der Waals surface area contributed by atoms with Gasteiger partial charge in [0.2, 0.25) is 0 Å². The molecular weight excluding hydrogens is 368 g/mol. The molecular formula is C24H24O5. The number of hydrogen-bond acceptors (Lipinski definition) is 5. The summed E-state index contributed by atoms with van der Waals surface area (Å²) in [7, 11) is 0. The van der Waals surface area contributed by atoms with Crippen LogP contribution in [0.4, 0.5) is 0 Å². The van der Waals surface area contributed by atoms with Crippen molar-refractivity contribution in [3.8, 4) is 0 Å². The Morgan fingerprint density at radius 1 is 0.552 bits per heavy atom. The van der Waals surface area contributed by atoms with Crippen LogP contribution in [0.3, 0.4) is 0 Å². The monoisotopic (exact) mass is 392 g/mol. The van der Waals surface area contributed by atoms with Crippen molar-refractivity contribution in [2.75, 3.05) is 0 Å². The summed E-state index contributed by atoms with van der Waals surface area (Å²) in [5.41, 5.74) is 1.96. The zero-order valence-electron chi connectivity index (χ0n) is 16.7. The summed E-state index contributed by atoms with van der Waals surface area (Å²) < 4.78 is 0. The number of carbonyl (C=O) groups is 3. The Bertz CT molecular complexity index is 819. The lowest BCUT2D eigenvalue weighted by Crippen LogP contribution is -2.11. The van der Waals surface area contributed by atoms with Crippen LogP contribution in [0.5, 0.6) is 0 Å². The van der Waals surface area contributed by atoms with E-state index in [1.165, 1.54) is 19.4 Å². The van der Waals surface area contributed by atoms with Gasteiger partial charge in [-0.2, -0.15) is 0 Å². The highest BCUT2D eigenvalue weighted by molar-refractivity contribution is 5.92. The zero-order valence-corrected chi connectivity index (χ0v) is 16.7. The van der Waals surface area contributed by atoms with E-state index in [1.807, 2.05) is 18.2 Å². The molecule has 3 aromatic carbocycles. The highest BCUT2D eigenvalue weighted by atomic mass is 17.2. The molecule has 3 rings (SSSR count). The molecule has 0 fully saturated rings. The molecule has 0 aromatic heterocycles. The molecule has 0 saturated heterocycles. The molecule has 0 aliphatic rings. The van der Waals surface area contributed by atoms with Crippen molar-refractivity contribution in [1.29, 1.82) is 0 Å². The standard InChI is InChI=1S/C14H10O4.C7H8.C3H6O/c15-13(11-7-3-1-4-8-11)17-18-14(16)12-9-5-2-6-10-12;1-7-5-3-2-4-6-7;1-3(2)4/h1-10H;2-6H,1H3;1-2H3. The molecule has 0 aliphatic carbocycles. The minimum Gasteiger partial charge on any atom is -0.300 e. The molecule has 5 heteroatoms. The molecule has 0 N–H and O–H groups in total. The number of hydrogen-bond donors (Lipinski definition) is 0. The molecule has 29 heavy (non-hydrogen) atoms. The van der Waals surface area contributed by atoms with E-state index in [-0.39, 0.29) is 5.78 Å². The first kappa shape index (κ1) is 23.3. The Balaban J connectivity index is 0.000000314. The van der Waals surface area contributed by atoms with E-state index in [4.69, 9.17) is 0 Å². The van der Waals surface area contributed by atoms with Gasteiger partial charge in [-0.15, -0.1) is 0 Å². The first-order valence-corrected chi connectivity index (χ1v) is 8.92. The molecule has 0 unspecified atom stereocenters. The summed E-state index contributed by atoms with van der Waals surface area (Å²) in [5, 5.41) is 0. The van der Waals surface area contributed by atoms with Gasteiger partial charge in [0.05, 0.1) is 11.1 Å². The molecule has 3 aromatic rings. The average Bonchev–Trinajstić information content (AvgIpc) is 2.73. The minimum absolute atomic E-state index is 0.167. The lowest BCUT2D eigenvalue weighted by Gasteiger charge is -2.02. The van der Waals surface area contributed by atoms with E-state index in [2.05, 4.69) is 28.8 Å². The molecule has 0 radical (unpaired) electrons. The number of Topliss-reactive ketones (excluding diaryl/α,β-unsaturated/α-hetero) is 1. The first-order valence-electron chi connectivity index (χ1n) is 8.92. The minimum atomic E-state index is -0.708. The largest absolute Gasteiger partial charge is 0.386 e. The van der Waals surface area contributed by atoms with Gasteiger partial charge in [0.25, 0.3) is 0 Å². The average molecular weight is 392 g/mol. The SMILES string of the molecule is CC(C)=O.Cc1ccccc1.O=C(OOC(=O)c1ccccc1)c1ccccc1. The Morgan fingerprint density at radius 2 is 0.828 bits per heavy atom. The van der Waals surface area contributed by atoms with Crippen molar-refractivity contribution in [1.82, 2.24) is 0 Å². The van der Waals surface area contributed by atoms with E-state index < -0.39 is 11.9 Å². The molecule has 0 amide bonds. The van der Waals surface area contributed by atoms with Crippen LogP contribution >= 0.6 is 0 Å². The van der Waals surface area contributed by atoms with Crippen LogP contribution in [0.2, 0.25) is 0 Å². The number of aryl methyl sites for hydroxylation is 1. The molecule has 5 nitrogen and oxygen atoms in total. The lowest BCUT2D eigenvalue weighted by atomic mass is 10.2. The van der Waals surface area contributed by atoms with Crippen LogP contribution in [-0.2, 0) is 14.6 Å². The second-order valence-electron chi connectivity index (χ2n) is 6.04. The molecule has 0 saturated carbocycles. The Hall–Kier alpha value is -3.73. The van der Waals surface area contributed by atoms with Crippen molar-refractivity contribution >= 4 is 17.7 Å². The van der Waals surface area contributed by atoms with Crippen molar-refractivity contribution in [2.24, 2.45) is 0 Å². The Kier molecular flexibility index (Phi) is 10.8. The van der Waals surface area contributed by atoms with Crippen molar-refractivity contribution in [3.05, 3.63) is 108 Å². The topological polar surface area (TPSA) is 69.7 Å². The smallest absolute Gasteiger partial charge is 0.300 e. The van der Waals surface area contributed by atoms with Crippen LogP contribution in [-0.4, -0.2) is 17.7 Å². The van der Waals surface area contributed by atoms with Gasteiger partial charge in [-0.25, -0.2) is 19.4 Å². The van der Waals surface area contributed by atoms with E-state index >= 15 is 0 Å². The summed E-state index contributed by atoms with van der Waals surface area (Å²) in [6.07, 6.45) is 0. The maximum Gasteiger partial charge on any atom is 0.386 e. The van der Waals surface area contributed by atoms with Crippen LogP contribution in [0.1, 0.15) is 40.1 Å². The fourth-order valence-corrected chi connectivity index (χ4v) is 1.85. The molecule has 0 heterocycles. The van der Waals surface area contributed by atoms with Crippen LogP contribution in [0.25, 0.3) is 0 Å². The number of carbonyl (C=O) groups excluding carboxylic acids is 3. The highest BCUT2D eigenvalue weighted by Crippen LogP contribution is 2.05. The van der Waals surface area contributed by atoms with Crippen molar-refractivity contribution in [2.45, 2.75) is 20.8 Å². The summed E-state index contributed by atoms with van der Waals surface area (Å²) in [6, 6.07) is 26.8. The van der Waals surface area contributed by atoms with Gasteiger partial charge >= 0.3 is 11.9 Å². The van der Waals surface area contributed by atoms with E-state index in [9.17, 15) is 14.4 Å². The summed E-state index contributed by atoms with van der Waals surface area (Å²) >= 11 is 0. The van der Waals surface area contributed by atoms with Gasteiger partial charge in [0.15, 0.2) is 0 Å². The summed E-state index contributed by atoms with van der Waals surface area (Å²) in [6.45, 7) is 5.14. The van der Waals surface area contributed by atoms with Gasteiger partial charge in [0.1, 0.15) is 5.78 Å². The van der Waals surface area contributed by atoms with Crippen molar-refractivity contribution in [3.63, 3.8) is 0 Å². The van der Waals surface area contributed by atoms with Crippen molar-refractivity contribution < 1.29 is 24.2 Å². The third kappa shape index (κ3) is 10.9. The summed E-state index contributed by atoms with van der Waals surface area (Å²) in [5.74, 6) is -1.25. The van der Waals surface area contributed by atoms with Crippen LogP contribution < -0.4 is 0 Å². The quantitative estimate of drug-likeness (QED) is 0.442. The number of benzene rings is 3. The third-order valence-electron chi connectivity index (χ3n) is 3.15. The Labute approximate surface area is 170 Å². The number of rotatable bonds is 2. The first-order chi connectivity index (χ1) is 13.9. The fourth-order valence-electron chi connectivity index (χ4n) is 1.85. The normalized spacial score (nSPS) is 8.93. The molecule has 150 valence electrons. The molecule has 0 atom stereocenters. The van der Waals surface area contributed by atoms with E-state index in [0.29, 0.717) is 11.1 Å². The molecule has 0 aliphatic heterocycles. The molecule has 0 bridgehead atoms. The fraction of sp³-hybridized carbons (Fsp3) is 0.125. The van der Waals surface area contributed by atoms with E-state index in [1.54, 1.807) is 60.7 Å². The number of ketones is 1. The lowest BCUT2D eigenvalue weighted by molar-refractivity contribution is -0.187. The van der Waals surface area contributed by atoms with Gasteiger partial charge < -0.3 is 4.79 Å². The van der Waals surface area contributed by atoms with E-state index in [0.717, 1.165) is 0 Å². The second-order valence-corrected chi connectivity index (χ2v) is 6.04. The second kappa shape index (κ2) is 13.4. The summed E-state index contributed by atoms with van der Waals surface area (Å²) in [4.78, 5) is 41.3. The molecule has 0 spiro atoms. The van der Waals surface area contributed by atoms with Gasteiger partial charge in [-0.3, -0.25) is 0 Å². The van der Waals surface area contributed by atoms with Gasteiger partial charge in [-0.1, -0.05) is 72.3 Å². The maximum atomic E-state index is 11.5. The van der Waals surface area contributed by atoms with Crippen LogP contribution in [0.15, 0.2) is 91.0 Å². The third-order valence-corrected chi connectivity index (χ3v) is 3.15. The van der Waals surface area contributed by atoms with Gasteiger partial charge in [-0.05, 0) is 45.0 Å². The Morgan fingerprint density at radius 3 is 1.07 bits per heavy atom. The van der Waals surface area contributed by atoms with Crippen LogP contribution in [0, 0.1) is 6.92 Å². The predicted molar refractivity (Wildman–Crippen MR) is 111 cm³/mol. The zero-order chi connectivity index (χ0) is 21.5. The maximum absolute atomic E-state index is 11.5. The van der Waals surface area contributed by atoms with Gasteiger partial charge in [0, 0.05) is 0 Å². The predicted octanol–water partition coefficient (Wildman–Crippen LogP) is 5.21.